The molecule has 1 atom stereocenters. The second kappa shape index (κ2) is 7.78. The number of halogens is 1. The average molecular weight is 339 g/mol. The molecule has 1 aromatic heterocycles. The topological polar surface area (TPSA) is 24.9 Å². The number of hydrogen-bond donors (Lipinski definition) is 1. The Labute approximate surface area is 127 Å². The third-order valence-electron chi connectivity index (χ3n) is 2.99. The number of rotatable bonds is 7. The summed E-state index contributed by atoms with van der Waals surface area (Å²) in [6.07, 6.45) is 5.25. The van der Waals surface area contributed by atoms with Crippen LogP contribution in [0.3, 0.4) is 0 Å². The van der Waals surface area contributed by atoms with Gasteiger partial charge in [-0.1, -0.05) is 35.0 Å². The van der Waals surface area contributed by atoms with E-state index in [9.17, 15) is 0 Å². The van der Waals surface area contributed by atoms with Gasteiger partial charge in [0.15, 0.2) is 0 Å². The van der Waals surface area contributed by atoms with Gasteiger partial charge in [-0.25, -0.2) is 0 Å². The molecule has 0 fully saturated rings. The van der Waals surface area contributed by atoms with E-state index in [1.165, 1.54) is 10.4 Å². The first-order valence-electron chi connectivity index (χ1n) is 6.63. The molecule has 0 radical (unpaired) electrons. The van der Waals surface area contributed by atoms with Gasteiger partial charge in [-0.15, -0.1) is 11.3 Å². The van der Waals surface area contributed by atoms with Gasteiger partial charge in [0, 0.05) is 21.6 Å². The van der Waals surface area contributed by atoms with Gasteiger partial charge in [-0.2, -0.15) is 0 Å². The van der Waals surface area contributed by atoms with Crippen molar-refractivity contribution in [1.29, 1.82) is 0 Å². The van der Waals surface area contributed by atoms with Crippen LogP contribution in [0.5, 0.6) is 0 Å². The minimum Gasteiger partial charge on any atom is -0.313 e. The number of hydrogen-bond acceptors (Lipinski definition) is 3. The summed E-state index contributed by atoms with van der Waals surface area (Å²) in [6.45, 7) is 3.27. The molecular formula is C15H19BrN2S. The van der Waals surface area contributed by atoms with Crippen LogP contribution in [0.2, 0.25) is 0 Å². The normalized spacial score (nSPS) is 12.5. The molecule has 1 aromatic carbocycles. The van der Waals surface area contributed by atoms with Gasteiger partial charge < -0.3 is 5.32 Å². The van der Waals surface area contributed by atoms with Crippen LogP contribution in [0.4, 0.5) is 0 Å². The lowest BCUT2D eigenvalue weighted by Gasteiger charge is -2.18. The van der Waals surface area contributed by atoms with Crippen LogP contribution < -0.4 is 5.32 Å². The second-order valence-corrected chi connectivity index (χ2v) is 6.54. The zero-order valence-electron chi connectivity index (χ0n) is 11.1. The fraction of sp³-hybridized carbons (Fsp3) is 0.400. The molecule has 19 heavy (non-hydrogen) atoms. The maximum Gasteiger partial charge on any atom is 0.0794 e. The van der Waals surface area contributed by atoms with Gasteiger partial charge in [0.05, 0.1) is 5.51 Å². The minimum atomic E-state index is 0.481. The van der Waals surface area contributed by atoms with Gasteiger partial charge in [-0.3, -0.25) is 4.98 Å². The van der Waals surface area contributed by atoms with Crippen LogP contribution in [0, 0.1) is 0 Å². The highest BCUT2D eigenvalue weighted by Crippen LogP contribution is 2.16. The molecule has 0 saturated heterocycles. The first-order valence-corrected chi connectivity index (χ1v) is 8.30. The Bertz CT molecular complexity index is 485. The zero-order valence-corrected chi connectivity index (χ0v) is 13.5. The van der Waals surface area contributed by atoms with Gasteiger partial charge >= 0.3 is 0 Å². The first kappa shape index (κ1) is 14.7. The Morgan fingerprint density at radius 1 is 1.37 bits per heavy atom. The van der Waals surface area contributed by atoms with Crippen molar-refractivity contribution >= 4 is 27.3 Å². The van der Waals surface area contributed by atoms with Gasteiger partial charge in [0.25, 0.3) is 0 Å². The summed E-state index contributed by atoms with van der Waals surface area (Å²) in [5.41, 5.74) is 3.28. The third-order valence-corrected chi connectivity index (χ3v) is 4.28. The first-order chi connectivity index (χ1) is 9.28. The number of nitrogens with zero attached hydrogens (tertiary/aromatic N) is 1. The Balaban J connectivity index is 2.00. The van der Waals surface area contributed by atoms with E-state index in [1.54, 1.807) is 11.3 Å². The lowest BCUT2D eigenvalue weighted by atomic mass is 10.0. The summed E-state index contributed by atoms with van der Waals surface area (Å²) in [4.78, 5) is 5.51. The van der Waals surface area contributed by atoms with Crippen LogP contribution >= 0.6 is 27.3 Å². The lowest BCUT2D eigenvalue weighted by Crippen LogP contribution is -2.33. The van der Waals surface area contributed by atoms with E-state index in [0.29, 0.717) is 6.04 Å². The molecule has 0 saturated carbocycles. The highest BCUT2D eigenvalue weighted by Gasteiger charge is 2.11. The monoisotopic (exact) mass is 338 g/mol. The molecule has 2 rings (SSSR count). The predicted octanol–water partition coefficient (Wildman–Crippen LogP) is 4.06. The molecule has 2 nitrogen and oxygen atoms in total. The fourth-order valence-electron chi connectivity index (χ4n) is 2.10. The molecule has 0 aliphatic rings. The molecule has 0 aliphatic heterocycles. The van der Waals surface area contributed by atoms with Crippen molar-refractivity contribution in [3.8, 4) is 0 Å². The molecule has 4 heteroatoms. The van der Waals surface area contributed by atoms with Crippen molar-refractivity contribution in [1.82, 2.24) is 10.3 Å². The Kier molecular flexibility index (Phi) is 6.01. The predicted molar refractivity (Wildman–Crippen MR) is 85.7 cm³/mol. The van der Waals surface area contributed by atoms with Crippen molar-refractivity contribution in [3.63, 3.8) is 0 Å². The number of benzene rings is 1. The Morgan fingerprint density at radius 2 is 2.26 bits per heavy atom. The second-order valence-electron chi connectivity index (χ2n) is 4.66. The van der Waals surface area contributed by atoms with Crippen molar-refractivity contribution in [2.24, 2.45) is 0 Å². The van der Waals surface area contributed by atoms with E-state index in [4.69, 9.17) is 0 Å². The van der Waals surface area contributed by atoms with E-state index in [2.05, 4.69) is 57.4 Å². The minimum absolute atomic E-state index is 0.481. The van der Waals surface area contributed by atoms with Crippen molar-refractivity contribution in [3.05, 3.63) is 50.9 Å². The van der Waals surface area contributed by atoms with Gasteiger partial charge in [0.2, 0.25) is 0 Å². The van der Waals surface area contributed by atoms with Gasteiger partial charge in [-0.05, 0) is 43.5 Å². The van der Waals surface area contributed by atoms with Crippen LogP contribution in [0.1, 0.15) is 23.8 Å². The van der Waals surface area contributed by atoms with E-state index in [1.807, 2.05) is 11.7 Å². The summed E-state index contributed by atoms with van der Waals surface area (Å²) in [5, 5.41) is 3.64. The largest absolute Gasteiger partial charge is 0.313 e. The Morgan fingerprint density at radius 3 is 2.95 bits per heavy atom. The standard InChI is InChI=1S/C15H19BrN2S/c1-2-6-18-14(9-15-10-17-11-19-15)8-12-4-3-5-13(16)7-12/h3-5,7,10-11,14,18H,2,6,8-9H2,1H3. The van der Waals surface area contributed by atoms with E-state index in [0.717, 1.165) is 30.3 Å². The van der Waals surface area contributed by atoms with Crippen LogP contribution in [0.25, 0.3) is 0 Å². The maximum atomic E-state index is 4.16. The number of aromatic nitrogens is 1. The number of thiazole rings is 1. The molecule has 0 bridgehead atoms. The van der Waals surface area contributed by atoms with E-state index in [-0.39, 0.29) is 0 Å². The molecule has 0 spiro atoms. The average Bonchev–Trinajstić information content (AvgIpc) is 2.89. The Hall–Kier alpha value is -0.710. The highest BCUT2D eigenvalue weighted by molar-refractivity contribution is 9.10. The molecule has 102 valence electrons. The van der Waals surface area contributed by atoms with Crippen LogP contribution in [-0.4, -0.2) is 17.6 Å². The van der Waals surface area contributed by atoms with Crippen molar-refractivity contribution < 1.29 is 0 Å². The zero-order chi connectivity index (χ0) is 13.5. The van der Waals surface area contributed by atoms with Crippen molar-refractivity contribution in [2.75, 3.05) is 6.54 Å². The lowest BCUT2D eigenvalue weighted by molar-refractivity contribution is 0.507. The molecule has 0 aliphatic carbocycles. The molecule has 1 heterocycles. The van der Waals surface area contributed by atoms with E-state index >= 15 is 0 Å². The number of nitrogens with one attached hydrogen (secondary N) is 1. The summed E-state index contributed by atoms with van der Waals surface area (Å²) in [7, 11) is 0. The quantitative estimate of drug-likeness (QED) is 0.823. The molecule has 2 aromatic rings. The third kappa shape index (κ3) is 5.05. The summed E-state index contributed by atoms with van der Waals surface area (Å²) in [5.74, 6) is 0. The summed E-state index contributed by atoms with van der Waals surface area (Å²) >= 11 is 5.28. The van der Waals surface area contributed by atoms with E-state index < -0.39 is 0 Å². The van der Waals surface area contributed by atoms with Crippen molar-refractivity contribution in [2.45, 2.75) is 32.2 Å². The fourth-order valence-corrected chi connectivity index (χ4v) is 3.22. The molecular weight excluding hydrogens is 320 g/mol. The smallest absolute Gasteiger partial charge is 0.0794 e. The maximum absolute atomic E-state index is 4.16. The summed E-state index contributed by atoms with van der Waals surface area (Å²) in [6, 6.07) is 9.05. The highest BCUT2D eigenvalue weighted by atomic mass is 79.9. The SMILES string of the molecule is CCCNC(Cc1cccc(Br)c1)Cc1cncs1. The summed E-state index contributed by atoms with van der Waals surface area (Å²) < 4.78 is 1.15. The van der Waals surface area contributed by atoms with Crippen LogP contribution in [-0.2, 0) is 12.8 Å². The van der Waals surface area contributed by atoms with Gasteiger partial charge in [0.1, 0.15) is 0 Å². The molecule has 0 amide bonds. The molecule has 1 N–H and O–H groups in total. The van der Waals surface area contributed by atoms with Crippen LogP contribution in [0.15, 0.2) is 40.4 Å². The molecule has 1 unspecified atom stereocenters.